The van der Waals surface area contributed by atoms with Crippen LogP contribution in [0.4, 0.5) is 0 Å². The Labute approximate surface area is 121 Å². The number of rotatable bonds is 7. The van der Waals surface area contributed by atoms with E-state index in [1.807, 2.05) is 13.8 Å². The number of amides is 2. The minimum Gasteiger partial charge on any atom is -0.358 e. The van der Waals surface area contributed by atoms with Gasteiger partial charge in [0.05, 0.1) is 6.54 Å². The Hall–Kier alpha value is -1.14. The Morgan fingerprint density at radius 3 is 2.50 bits per heavy atom. The SMILES string of the molecule is CCNCC(C)C(=O)NC1CCN(CC(=O)NC)CC1. The highest BCUT2D eigenvalue weighted by molar-refractivity contribution is 5.79. The minimum absolute atomic E-state index is 0.00107. The number of likely N-dealkylation sites (tertiary alicyclic amines) is 1. The van der Waals surface area contributed by atoms with Crippen molar-refractivity contribution in [1.29, 1.82) is 0 Å². The van der Waals surface area contributed by atoms with Crippen LogP contribution in [0.1, 0.15) is 26.7 Å². The molecule has 0 spiro atoms. The molecule has 1 saturated heterocycles. The molecule has 6 heteroatoms. The molecule has 3 N–H and O–H groups in total. The summed E-state index contributed by atoms with van der Waals surface area (Å²) in [5.41, 5.74) is 0. The van der Waals surface area contributed by atoms with Crippen molar-refractivity contribution in [3.63, 3.8) is 0 Å². The molecule has 1 rings (SSSR count). The van der Waals surface area contributed by atoms with E-state index in [2.05, 4.69) is 20.9 Å². The predicted octanol–water partition coefficient (Wildman–Crippen LogP) is -0.441. The normalized spacial score (nSPS) is 18.6. The van der Waals surface area contributed by atoms with Crippen molar-refractivity contribution < 1.29 is 9.59 Å². The van der Waals surface area contributed by atoms with Crippen molar-refractivity contribution in [1.82, 2.24) is 20.9 Å². The predicted molar refractivity (Wildman–Crippen MR) is 79.4 cm³/mol. The summed E-state index contributed by atoms with van der Waals surface area (Å²) < 4.78 is 0. The van der Waals surface area contributed by atoms with E-state index in [4.69, 9.17) is 0 Å². The summed E-state index contributed by atoms with van der Waals surface area (Å²) >= 11 is 0. The zero-order valence-electron chi connectivity index (χ0n) is 12.9. The Morgan fingerprint density at radius 2 is 1.95 bits per heavy atom. The monoisotopic (exact) mass is 284 g/mol. The molecule has 1 atom stereocenters. The molecule has 0 aromatic rings. The van der Waals surface area contributed by atoms with Crippen LogP contribution >= 0.6 is 0 Å². The smallest absolute Gasteiger partial charge is 0.233 e. The lowest BCUT2D eigenvalue weighted by Gasteiger charge is -2.32. The molecule has 20 heavy (non-hydrogen) atoms. The minimum atomic E-state index is -0.00107. The van der Waals surface area contributed by atoms with E-state index in [0.717, 1.165) is 39.0 Å². The molecule has 0 radical (unpaired) electrons. The summed E-state index contributed by atoms with van der Waals surface area (Å²) in [6.07, 6.45) is 1.83. The van der Waals surface area contributed by atoms with Crippen LogP contribution in [0.15, 0.2) is 0 Å². The van der Waals surface area contributed by atoms with Crippen LogP contribution in [0.3, 0.4) is 0 Å². The van der Waals surface area contributed by atoms with Crippen molar-refractivity contribution >= 4 is 11.8 Å². The first-order chi connectivity index (χ1) is 9.56. The van der Waals surface area contributed by atoms with Gasteiger partial charge in [0.25, 0.3) is 0 Å². The van der Waals surface area contributed by atoms with Crippen LogP contribution in [-0.4, -0.2) is 62.5 Å². The van der Waals surface area contributed by atoms with Crippen LogP contribution in [0.25, 0.3) is 0 Å². The topological polar surface area (TPSA) is 73.5 Å². The summed E-state index contributed by atoms with van der Waals surface area (Å²) in [4.78, 5) is 25.4. The Morgan fingerprint density at radius 1 is 1.30 bits per heavy atom. The van der Waals surface area contributed by atoms with Crippen LogP contribution < -0.4 is 16.0 Å². The van der Waals surface area contributed by atoms with Crippen LogP contribution in [-0.2, 0) is 9.59 Å². The average molecular weight is 284 g/mol. The van der Waals surface area contributed by atoms with Gasteiger partial charge in [0.1, 0.15) is 0 Å². The summed E-state index contributed by atoms with van der Waals surface area (Å²) in [5.74, 6) is 0.168. The Bertz CT molecular complexity index is 314. The van der Waals surface area contributed by atoms with E-state index in [9.17, 15) is 9.59 Å². The third-order valence-electron chi connectivity index (χ3n) is 3.73. The molecule has 1 unspecified atom stereocenters. The molecule has 1 fully saturated rings. The molecule has 1 heterocycles. The molecular weight excluding hydrogens is 256 g/mol. The molecule has 0 saturated carbocycles. The molecule has 0 bridgehead atoms. The summed E-state index contributed by atoms with van der Waals surface area (Å²) in [6, 6.07) is 0.243. The maximum atomic E-state index is 12.0. The van der Waals surface area contributed by atoms with Gasteiger partial charge in [0.2, 0.25) is 11.8 Å². The number of hydrogen-bond donors (Lipinski definition) is 3. The number of hydrogen-bond acceptors (Lipinski definition) is 4. The maximum Gasteiger partial charge on any atom is 0.233 e. The van der Waals surface area contributed by atoms with E-state index < -0.39 is 0 Å². The van der Waals surface area contributed by atoms with E-state index in [0.29, 0.717) is 6.54 Å². The molecular formula is C14H28N4O2. The zero-order chi connectivity index (χ0) is 15.0. The average Bonchev–Trinajstić information content (AvgIpc) is 2.46. The second kappa shape index (κ2) is 8.92. The molecule has 0 aliphatic carbocycles. The second-order valence-corrected chi connectivity index (χ2v) is 5.44. The van der Waals surface area contributed by atoms with Crippen LogP contribution in [0.2, 0.25) is 0 Å². The van der Waals surface area contributed by atoms with Crippen molar-refractivity contribution in [2.75, 3.05) is 39.8 Å². The van der Waals surface area contributed by atoms with E-state index in [1.165, 1.54) is 0 Å². The maximum absolute atomic E-state index is 12.0. The molecule has 0 aromatic carbocycles. The Kier molecular flexibility index (Phi) is 7.54. The second-order valence-electron chi connectivity index (χ2n) is 5.44. The van der Waals surface area contributed by atoms with Gasteiger partial charge in [-0.2, -0.15) is 0 Å². The number of carbonyl (C=O) groups excluding carboxylic acids is 2. The van der Waals surface area contributed by atoms with Gasteiger partial charge in [-0.05, 0) is 19.4 Å². The van der Waals surface area contributed by atoms with E-state index >= 15 is 0 Å². The first kappa shape index (κ1) is 16.9. The van der Waals surface area contributed by atoms with Crippen LogP contribution in [0, 0.1) is 5.92 Å². The summed E-state index contributed by atoms with van der Waals surface area (Å²) in [5, 5.41) is 8.93. The van der Waals surface area contributed by atoms with Gasteiger partial charge in [-0.25, -0.2) is 0 Å². The number of likely N-dealkylation sites (N-methyl/N-ethyl adjacent to an activating group) is 1. The lowest BCUT2D eigenvalue weighted by atomic mass is 10.0. The van der Waals surface area contributed by atoms with Gasteiger partial charge in [0, 0.05) is 38.6 Å². The molecule has 1 aliphatic rings. The highest BCUT2D eigenvalue weighted by Crippen LogP contribution is 2.10. The van der Waals surface area contributed by atoms with Crippen LogP contribution in [0.5, 0.6) is 0 Å². The fourth-order valence-corrected chi connectivity index (χ4v) is 2.31. The number of nitrogens with one attached hydrogen (secondary N) is 3. The van der Waals surface area contributed by atoms with Crippen molar-refractivity contribution in [3.8, 4) is 0 Å². The summed E-state index contributed by atoms with van der Waals surface area (Å²) in [6.45, 7) is 7.76. The van der Waals surface area contributed by atoms with Gasteiger partial charge in [-0.1, -0.05) is 13.8 Å². The number of piperidine rings is 1. The fraction of sp³-hybridized carbons (Fsp3) is 0.857. The standard InChI is InChI=1S/C14H28N4O2/c1-4-16-9-11(2)14(20)17-12-5-7-18(8-6-12)10-13(19)15-3/h11-12,16H,4-10H2,1-3H3,(H,15,19)(H,17,20). The third-order valence-corrected chi connectivity index (χ3v) is 3.73. The van der Waals surface area contributed by atoms with Gasteiger partial charge >= 0.3 is 0 Å². The molecule has 116 valence electrons. The first-order valence-electron chi connectivity index (χ1n) is 7.50. The van der Waals surface area contributed by atoms with Crippen molar-refractivity contribution in [3.05, 3.63) is 0 Å². The van der Waals surface area contributed by atoms with Gasteiger partial charge in [-0.3, -0.25) is 14.5 Å². The van der Waals surface area contributed by atoms with Gasteiger partial charge < -0.3 is 16.0 Å². The molecule has 6 nitrogen and oxygen atoms in total. The van der Waals surface area contributed by atoms with E-state index in [1.54, 1.807) is 7.05 Å². The highest BCUT2D eigenvalue weighted by Gasteiger charge is 2.23. The lowest BCUT2D eigenvalue weighted by molar-refractivity contribution is -0.126. The van der Waals surface area contributed by atoms with E-state index in [-0.39, 0.29) is 23.8 Å². The third kappa shape index (κ3) is 5.88. The first-order valence-corrected chi connectivity index (χ1v) is 7.50. The van der Waals surface area contributed by atoms with Crippen molar-refractivity contribution in [2.24, 2.45) is 5.92 Å². The molecule has 0 aromatic heterocycles. The number of nitrogens with zero attached hydrogens (tertiary/aromatic N) is 1. The zero-order valence-corrected chi connectivity index (χ0v) is 12.9. The van der Waals surface area contributed by atoms with Gasteiger partial charge in [-0.15, -0.1) is 0 Å². The summed E-state index contributed by atoms with van der Waals surface area (Å²) in [7, 11) is 1.65. The molecule has 2 amide bonds. The fourth-order valence-electron chi connectivity index (χ4n) is 2.31. The highest BCUT2D eigenvalue weighted by atomic mass is 16.2. The molecule has 1 aliphatic heterocycles. The lowest BCUT2D eigenvalue weighted by Crippen LogP contribution is -2.48. The van der Waals surface area contributed by atoms with Crippen molar-refractivity contribution in [2.45, 2.75) is 32.7 Å². The van der Waals surface area contributed by atoms with Gasteiger partial charge in [0.15, 0.2) is 0 Å². The quantitative estimate of drug-likeness (QED) is 0.592. The largest absolute Gasteiger partial charge is 0.358 e. The number of carbonyl (C=O) groups is 2. The Balaban J connectivity index is 2.24.